The van der Waals surface area contributed by atoms with Gasteiger partial charge in [-0.2, -0.15) is 0 Å². The molecule has 0 bridgehead atoms. The standard InChI is InChI=1S/C16H32N4O4/c1-4-5-8-13(11-20(24)12-21)15(22)18-14(9-6-7-10-17)16(23)19(2)3/h12-14,24H,4-11,17H2,1-3H3,(H,18,22)/t13-,14+/m1/s1. The zero-order chi connectivity index (χ0) is 18.5. The Morgan fingerprint density at radius 1 is 1.21 bits per heavy atom. The molecule has 0 aliphatic rings. The number of nitrogens with zero attached hydrogens (tertiary/aromatic N) is 2. The number of hydrogen-bond donors (Lipinski definition) is 3. The largest absolute Gasteiger partial charge is 0.347 e. The summed E-state index contributed by atoms with van der Waals surface area (Å²) in [6.07, 6.45) is 4.53. The van der Waals surface area contributed by atoms with Crippen LogP contribution in [0.5, 0.6) is 0 Å². The number of nitrogens with one attached hydrogen (secondary N) is 1. The summed E-state index contributed by atoms with van der Waals surface area (Å²) in [6.45, 7) is 2.45. The average molecular weight is 344 g/mol. The van der Waals surface area contributed by atoms with Crippen LogP contribution in [-0.4, -0.2) is 66.6 Å². The number of likely N-dealkylation sites (N-methyl/N-ethyl adjacent to an activating group) is 1. The second-order valence-electron chi connectivity index (χ2n) is 6.14. The number of unbranched alkanes of at least 4 members (excludes halogenated alkanes) is 2. The molecule has 0 radical (unpaired) electrons. The molecule has 3 amide bonds. The van der Waals surface area contributed by atoms with Crippen LogP contribution in [0.25, 0.3) is 0 Å². The van der Waals surface area contributed by atoms with E-state index in [1.807, 2.05) is 6.92 Å². The zero-order valence-electron chi connectivity index (χ0n) is 15.0. The summed E-state index contributed by atoms with van der Waals surface area (Å²) in [5.41, 5.74) is 5.48. The van der Waals surface area contributed by atoms with Crippen molar-refractivity contribution in [3.63, 3.8) is 0 Å². The minimum Gasteiger partial charge on any atom is -0.347 e. The number of hydroxylamine groups is 2. The molecule has 2 atom stereocenters. The molecule has 8 heteroatoms. The summed E-state index contributed by atoms with van der Waals surface area (Å²) >= 11 is 0. The lowest BCUT2D eigenvalue weighted by atomic mass is 9.99. The molecule has 0 unspecified atom stereocenters. The molecule has 0 saturated heterocycles. The van der Waals surface area contributed by atoms with Crippen LogP contribution >= 0.6 is 0 Å². The molecule has 0 aliphatic heterocycles. The third-order valence-corrected chi connectivity index (χ3v) is 3.81. The Morgan fingerprint density at radius 2 is 1.88 bits per heavy atom. The van der Waals surface area contributed by atoms with Gasteiger partial charge in [0.05, 0.1) is 12.5 Å². The van der Waals surface area contributed by atoms with E-state index < -0.39 is 12.0 Å². The van der Waals surface area contributed by atoms with E-state index in [0.717, 1.165) is 25.7 Å². The summed E-state index contributed by atoms with van der Waals surface area (Å²) in [7, 11) is 3.28. The molecular formula is C16H32N4O4. The third kappa shape index (κ3) is 8.83. The van der Waals surface area contributed by atoms with Gasteiger partial charge in [0.2, 0.25) is 18.2 Å². The van der Waals surface area contributed by atoms with Crippen molar-refractivity contribution in [1.82, 2.24) is 15.3 Å². The fraction of sp³-hybridized carbons (Fsp3) is 0.812. The first kappa shape index (κ1) is 22.3. The number of nitrogens with two attached hydrogens (primary N) is 1. The zero-order valence-corrected chi connectivity index (χ0v) is 15.0. The second-order valence-corrected chi connectivity index (χ2v) is 6.14. The van der Waals surface area contributed by atoms with Gasteiger partial charge in [0.15, 0.2) is 0 Å². The van der Waals surface area contributed by atoms with E-state index >= 15 is 0 Å². The third-order valence-electron chi connectivity index (χ3n) is 3.81. The van der Waals surface area contributed by atoms with Crippen molar-refractivity contribution in [2.75, 3.05) is 27.2 Å². The van der Waals surface area contributed by atoms with E-state index in [-0.39, 0.29) is 24.8 Å². The van der Waals surface area contributed by atoms with Crippen molar-refractivity contribution < 1.29 is 19.6 Å². The Labute approximate surface area is 144 Å². The van der Waals surface area contributed by atoms with Crippen molar-refractivity contribution in [3.05, 3.63) is 0 Å². The molecule has 4 N–H and O–H groups in total. The molecule has 0 spiro atoms. The Bertz CT molecular complexity index is 390. The van der Waals surface area contributed by atoms with E-state index in [4.69, 9.17) is 5.73 Å². The minimum atomic E-state index is -0.619. The van der Waals surface area contributed by atoms with Crippen molar-refractivity contribution >= 4 is 18.2 Å². The molecule has 0 aliphatic carbocycles. The number of hydrogen-bond acceptors (Lipinski definition) is 5. The molecule has 0 aromatic rings. The van der Waals surface area contributed by atoms with Crippen molar-refractivity contribution in [2.45, 2.75) is 51.5 Å². The summed E-state index contributed by atoms with van der Waals surface area (Å²) in [5, 5.41) is 12.6. The normalized spacial score (nSPS) is 13.0. The van der Waals surface area contributed by atoms with Crippen molar-refractivity contribution in [2.24, 2.45) is 11.7 Å². The molecule has 0 heterocycles. The Morgan fingerprint density at radius 3 is 2.38 bits per heavy atom. The Hall–Kier alpha value is -1.67. The van der Waals surface area contributed by atoms with Gasteiger partial charge in [0.1, 0.15) is 6.04 Å². The lowest BCUT2D eigenvalue weighted by molar-refractivity contribution is -0.155. The van der Waals surface area contributed by atoms with Gasteiger partial charge in [0, 0.05) is 14.1 Å². The Kier molecular flexibility index (Phi) is 11.8. The van der Waals surface area contributed by atoms with E-state index in [0.29, 0.717) is 24.4 Å². The molecule has 0 saturated carbocycles. The van der Waals surface area contributed by atoms with Crippen LogP contribution < -0.4 is 11.1 Å². The van der Waals surface area contributed by atoms with Crippen LogP contribution in [0.4, 0.5) is 0 Å². The van der Waals surface area contributed by atoms with Crippen LogP contribution in [0, 0.1) is 5.92 Å². The summed E-state index contributed by atoms with van der Waals surface area (Å²) in [6, 6.07) is -0.619. The molecular weight excluding hydrogens is 312 g/mol. The highest BCUT2D eigenvalue weighted by Gasteiger charge is 2.27. The van der Waals surface area contributed by atoms with E-state index in [9.17, 15) is 19.6 Å². The fourth-order valence-corrected chi connectivity index (χ4v) is 2.38. The van der Waals surface area contributed by atoms with Gasteiger partial charge in [-0.1, -0.05) is 19.8 Å². The van der Waals surface area contributed by atoms with Crippen LogP contribution in [0.15, 0.2) is 0 Å². The Balaban J connectivity index is 4.91. The van der Waals surface area contributed by atoms with E-state index in [1.165, 1.54) is 4.90 Å². The minimum absolute atomic E-state index is 0.0823. The maximum atomic E-state index is 12.5. The van der Waals surface area contributed by atoms with Gasteiger partial charge >= 0.3 is 0 Å². The first-order valence-electron chi connectivity index (χ1n) is 8.49. The van der Waals surface area contributed by atoms with Crippen molar-refractivity contribution in [1.29, 1.82) is 0 Å². The predicted octanol–water partition coefficient (Wildman–Crippen LogP) is 0.342. The number of carbonyl (C=O) groups is 3. The highest BCUT2D eigenvalue weighted by atomic mass is 16.5. The molecule has 0 aromatic carbocycles. The summed E-state index contributed by atoms with van der Waals surface area (Å²) < 4.78 is 0. The van der Waals surface area contributed by atoms with Crippen LogP contribution in [0.1, 0.15) is 45.4 Å². The molecule has 8 nitrogen and oxygen atoms in total. The molecule has 0 fully saturated rings. The topological polar surface area (TPSA) is 116 Å². The maximum Gasteiger partial charge on any atom is 0.244 e. The number of amides is 3. The highest BCUT2D eigenvalue weighted by Crippen LogP contribution is 2.12. The van der Waals surface area contributed by atoms with E-state index in [2.05, 4.69) is 5.32 Å². The first-order chi connectivity index (χ1) is 11.4. The van der Waals surface area contributed by atoms with Crippen molar-refractivity contribution in [3.8, 4) is 0 Å². The monoisotopic (exact) mass is 344 g/mol. The lowest BCUT2D eigenvalue weighted by Gasteiger charge is -2.25. The van der Waals surface area contributed by atoms with Gasteiger partial charge < -0.3 is 16.0 Å². The highest BCUT2D eigenvalue weighted by molar-refractivity contribution is 5.88. The summed E-state index contributed by atoms with van der Waals surface area (Å²) in [5.74, 6) is -1.05. The predicted molar refractivity (Wildman–Crippen MR) is 91.1 cm³/mol. The first-order valence-corrected chi connectivity index (χ1v) is 8.49. The number of rotatable bonds is 13. The maximum absolute atomic E-state index is 12.5. The van der Waals surface area contributed by atoms with Gasteiger partial charge in [-0.15, -0.1) is 0 Å². The quantitative estimate of drug-likeness (QED) is 0.193. The van der Waals surface area contributed by atoms with Crippen LogP contribution in [-0.2, 0) is 14.4 Å². The van der Waals surface area contributed by atoms with E-state index in [1.54, 1.807) is 14.1 Å². The van der Waals surface area contributed by atoms with Gasteiger partial charge in [-0.25, -0.2) is 5.06 Å². The second kappa shape index (κ2) is 12.7. The SMILES string of the molecule is CCCC[C@H](CN(O)C=O)C(=O)N[C@@H](CCCCN)C(=O)N(C)C. The fourth-order valence-electron chi connectivity index (χ4n) is 2.38. The smallest absolute Gasteiger partial charge is 0.244 e. The molecule has 0 aromatic heterocycles. The lowest BCUT2D eigenvalue weighted by Crippen LogP contribution is -2.49. The van der Waals surface area contributed by atoms with Crippen LogP contribution in [0.2, 0.25) is 0 Å². The van der Waals surface area contributed by atoms with Gasteiger partial charge in [-0.3, -0.25) is 19.6 Å². The summed E-state index contributed by atoms with van der Waals surface area (Å²) in [4.78, 5) is 36.8. The van der Waals surface area contributed by atoms with Crippen LogP contribution in [0.3, 0.4) is 0 Å². The molecule has 24 heavy (non-hydrogen) atoms. The number of carbonyl (C=O) groups excluding carboxylic acids is 3. The van der Waals surface area contributed by atoms with Gasteiger partial charge in [0.25, 0.3) is 0 Å². The average Bonchev–Trinajstić information content (AvgIpc) is 2.56. The molecule has 0 rings (SSSR count). The molecule has 140 valence electrons. The van der Waals surface area contributed by atoms with Gasteiger partial charge in [-0.05, 0) is 32.2 Å².